The second-order valence-electron chi connectivity index (χ2n) is 7.25. The lowest BCUT2D eigenvalue weighted by molar-refractivity contribution is -0.0319. The predicted molar refractivity (Wildman–Crippen MR) is 114 cm³/mol. The van der Waals surface area contributed by atoms with Gasteiger partial charge in [-0.3, -0.25) is 0 Å². The summed E-state index contributed by atoms with van der Waals surface area (Å²) < 4.78 is 22.4. The van der Waals surface area contributed by atoms with Crippen LogP contribution in [-0.4, -0.2) is 56.6 Å². The van der Waals surface area contributed by atoms with Crippen LogP contribution in [0.5, 0.6) is 0 Å². The molecular formula is C24H31NO5. The van der Waals surface area contributed by atoms with E-state index in [1.807, 2.05) is 60.7 Å². The van der Waals surface area contributed by atoms with Gasteiger partial charge in [0.25, 0.3) is 0 Å². The van der Waals surface area contributed by atoms with Crippen LogP contribution in [-0.2, 0) is 32.2 Å². The number of carbonyl (C=O) groups is 1. The molecule has 2 aromatic rings. The monoisotopic (exact) mass is 413 g/mol. The first-order valence-electron chi connectivity index (χ1n) is 10.6. The molecule has 0 atom stereocenters. The minimum atomic E-state index is -0.254. The fraction of sp³-hybridized carbons (Fsp3) is 0.458. The van der Waals surface area contributed by atoms with Gasteiger partial charge in [-0.05, 0) is 24.0 Å². The van der Waals surface area contributed by atoms with Gasteiger partial charge in [0.2, 0.25) is 0 Å². The Morgan fingerprint density at radius 3 is 2.00 bits per heavy atom. The lowest BCUT2D eigenvalue weighted by Gasteiger charge is -2.31. The molecule has 6 heteroatoms. The first-order valence-corrected chi connectivity index (χ1v) is 10.6. The Kier molecular flexibility index (Phi) is 9.66. The Morgan fingerprint density at radius 2 is 1.33 bits per heavy atom. The van der Waals surface area contributed by atoms with Gasteiger partial charge in [0, 0.05) is 13.1 Å². The van der Waals surface area contributed by atoms with E-state index in [0.717, 1.165) is 24.0 Å². The van der Waals surface area contributed by atoms with Crippen molar-refractivity contribution >= 4 is 6.09 Å². The highest BCUT2D eigenvalue weighted by molar-refractivity contribution is 5.67. The van der Waals surface area contributed by atoms with Crippen LogP contribution >= 0.6 is 0 Å². The molecule has 30 heavy (non-hydrogen) atoms. The zero-order valence-corrected chi connectivity index (χ0v) is 17.4. The quantitative estimate of drug-likeness (QED) is 0.521. The van der Waals surface area contributed by atoms with Crippen LogP contribution in [0.25, 0.3) is 0 Å². The van der Waals surface area contributed by atoms with Gasteiger partial charge >= 0.3 is 6.09 Å². The maximum absolute atomic E-state index is 12.2. The van der Waals surface area contributed by atoms with Crippen LogP contribution in [0.3, 0.4) is 0 Å². The number of hydrogen-bond donors (Lipinski definition) is 0. The third-order valence-corrected chi connectivity index (χ3v) is 4.97. The van der Waals surface area contributed by atoms with E-state index in [2.05, 4.69) is 0 Å². The van der Waals surface area contributed by atoms with Gasteiger partial charge < -0.3 is 23.8 Å². The van der Waals surface area contributed by atoms with Crippen molar-refractivity contribution in [3.8, 4) is 0 Å². The molecule has 0 N–H and O–H groups in total. The summed E-state index contributed by atoms with van der Waals surface area (Å²) in [6.07, 6.45) is 1.55. The Hall–Kier alpha value is -2.41. The van der Waals surface area contributed by atoms with Crippen LogP contribution in [0.1, 0.15) is 24.0 Å². The van der Waals surface area contributed by atoms with Crippen LogP contribution in [0.2, 0.25) is 0 Å². The summed E-state index contributed by atoms with van der Waals surface area (Å²) in [6.45, 7) is 4.46. The summed E-state index contributed by atoms with van der Waals surface area (Å²) in [4.78, 5) is 13.9. The number of benzene rings is 2. The molecule has 1 amide bonds. The number of nitrogens with zero attached hydrogens (tertiary/aromatic N) is 1. The topological polar surface area (TPSA) is 57.2 Å². The first kappa shape index (κ1) is 22.3. The molecule has 162 valence electrons. The fourth-order valence-corrected chi connectivity index (χ4v) is 3.27. The fourth-order valence-electron chi connectivity index (χ4n) is 3.27. The zero-order chi connectivity index (χ0) is 20.9. The highest BCUT2D eigenvalue weighted by Gasteiger charge is 2.24. The summed E-state index contributed by atoms with van der Waals surface area (Å²) in [6, 6.07) is 19.8. The number of ether oxygens (including phenoxy) is 4. The van der Waals surface area contributed by atoms with Crippen molar-refractivity contribution in [3.05, 3.63) is 71.8 Å². The van der Waals surface area contributed by atoms with E-state index in [4.69, 9.17) is 18.9 Å². The SMILES string of the molecule is O=C(OCc1ccccc1)N1CCC(OCCOCCOCc2ccccc2)CC1. The highest BCUT2D eigenvalue weighted by atomic mass is 16.6. The summed E-state index contributed by atoms with van der Waals surface area (Å²) >= 11 is 0. The second-order valence-corrected chi connectivity index (χ2v) is 7.25. The molecule has 1 aliphatic heterocycles. The predicted octanol–water partition coefficient (Wildman–Crippen LogP) is 4.04. The lowest BCUT2D eigenvalue weighted by atomic mass is 10.1. The van der Waals surface area contributed by atoms with Crippen molar-refractivity contribution in [1.82, 2.24) is 4.90 Å². The van der Waals surface area contributed by atoms with E-state index in [9.17, 15) is 4.79 Å². The van der Waals surface area contributed by atoms with Crippen LogP contribution in [0.15, 0.2) is 60.7 Å². The number of amides is 1. The van der Waals surface area contributed by atoms with Crippen LogP contribution < -0.4 is 0 Å². The molecule has 6 nitrogen and oxygen atoms in total. The largest absolute Gasteiger partial charge is 0.445 e. The normalized spacial score (nSPS) is 14.6. The number of likely N-dealkylation sites (tertiary alicyclic amines) is 1. The third-order valence-electron chi connectivity index (χ3n) is 4.97. The maximum atomic E-state index is 12.2. The highest BCUT2D eigenvalue weighted by Crippen LogP contribution is 2.15. The molecule has 0 bridgehead atoms. The molecule has 1 aliphatic rings. The molecular weight excluding hydrogens is 382 g/mol. The first-order chi connectivity index (χ1) is 14.8. The average molecular weight is 414 g/mol. The van der Waals surface area contributed by atoms with Crippen molar-refractivity contribution in [3.63, 3.8) is 0 Å². The minimum Gasteiger partial charge on any atom is -0.445 e. The number of piperidine rings is 1. The number of carbonyl (C=O) groups excluding carboxylic acids is 1. The van der Waals surface area contributed by atoms with E-state index in [1.165, 1.54) is 0 Å². The third kappa shape index (κ3) is 8.14. The van der Waals surface area contributed by atoms with E-state index < -0.39 is 0 Å². The standard InChI is InChI=1S/C24H31NO5/c26-24(30-20-22-9-5-2-6-10-22)25-13-11-23(12-14-25)29-18-17-27-15-16-28-19-21-7-3-1-4-8-21/h1-10,23H,11-20H2. The summed E-state index contributed by atoms with van der Waals surface area (Å²) in [7, 11) is 0. The van der Waals surface area contributed by atoms with Gasteiger partial charge in [-0.2, -0.15) is 0 Å². The molecule has 0 saturated carbocycles. The molecule has 1 heterocycles. The Bertz CT molecular complexity index is 717. The van der Waals surface area contributed by atoms with Crippen molar-refractivity contribution in [1.29, 1.82) is 0 Å². The van der Waals surface area contributed by atoms with Crippen molar-refractivity contribution < 1.29 is 23.7 Å². The van der Waals surface area contributed by atoms with Crippen molar-refractivity contribution in [2.24, 2.45) is 0 Å². The van der Waals surface area contributed by atoms with Crippen molar-refractivity contribution in [2.45, 2.75) is 32.2 Å². The van der Waals surface area contributed by atoms with Gasteiger partial charge in [0.1, 0.15) is 6.61 Å². The summed E-state index contributed by atoms with van der Waals surface area (Å²) in [5.41, 5.74) is 2.16. The van der Waals surface area contributed by atoms with Crippen LogP contribution in [0, 0.1) is 0 Å². The Morgan fingerprint density at radius 1 is 0.767 bits per heavy atom. The van der Waals surface area contributed by atoms with Gasteiger partial charge in [0.15, 0.2) is 0 Å². The van der Waals surface area contributed by atoms with Crippen molar-refractivity contribution in [2.75, 3.05) is 39.5 Å². The molecule has 0 unspecified atom stereocenters. The number of hydrogen-bond acceptors (Lipinski definition) is 5. The Balaban J connectivity index is 1.17. The smallest absolute Gasteiger partial charge is 0.410 e. The van der Waals surface area contributed by atoms with E-state index >= 15 is 0 Å². The summed E-state index contributed by atoms with van der Waals surface area (Å²) in [5.74, 6) is 0. The van der Waals surface area contributed by atoms with E-state index in [1.54, 1.807) is 4.90 Å². The lowest BCUT2D eigenvalue weighted by Crippen LogP contribution is -2.41. The molecule has 0 aliphatic carbocycles. The van der Waals surface area contributed by atoms with Gasteiger partial charge in [-0.25, -0.2) is 4.79 Å². The molecule has 1 fully saturated rings. The molecule has 0 spiro atoms. The van der Waals surface area contributed by atoms with Gasteiger partial charge in [0.05, 0.1) is 39.1 Å². The molecule has 0 aromatic heterocycles. The van der Waals surface area contributed by atoms with Gasteiger partial charge in [-0.1, -0.05) is 60.7 Å². The molecule has 2 aromatic carbocycles. The van der Waals surface area contributed by atoms with E-state index in [-0.39, 0.29) is 12.2 Å². The molecule has 1 saturated heterocycles. The number of rotatable bonds is 11. The summed E-state index contributed by atoms with van der Waals surface area (Å²) in [5, 5.41) is 0. The Labute approximate surface area is 178 Å². The zero-order valence-electron chi connectivity index (χ0n) is 17.4. The minimum absolute atomic E-state index is 0.168. The molecule has 0 radical (unpaired) electrons. The maximum Gasteiger partial charge on any atom is 0.410 e. The van der Waals surface area contributed by atoms with E-state index in [0.29, 0.717) is 52.7 Å². The second kappa shape index (κ2) is 13.0. The average Bonchev–Trinajstić information content (AvgIpc) is 2.81. The van der Waals surface area contributed by atoms with Gasteiger partial charge in [-0.15, -0.1) is 0 Å². The molecule has 3 rings (SSSR count). The van der Waals surface area contributed by atoms with Crippen LogP contribution in [0.4, 0.5) is 4.79 Å².